The summed E-state index contributed by atoms with van der Waals surface area (Å²) in [6, 6.07) is 19.8. The number of nitrogens with one attached hydrogen (secondary N) is 1. The molecule has 1 aliphatic rings. The molecular formula is C24H20N2O3. The first-order chi connectivity index (χ1) is 14.0. The minimum absolute atomic E-state index is 0.251. The third kappa shape index (κ3) is 3.43. The van der Waals surface area contributed by atoms with Gasteiger partial charge >= 0.3 is 0 Å². The number of nitrogens with zero attached hydrogens (tertiary/aromatic N) is 1. The molecule has 3 aromatic carbocycles. The summed E-state index contributed by atoms with van der Waals surface area (Å²) in [5.74, 6) is -1.07. The Morgan fingerprint density at radius 3 is 2.28 bits per heavy atom. The summed E-state index contributed by atoms with van der Waals surface area (Å²) >= 11 is 0. The summed E-state index contributed by atoms with van der Waals surface area (Å²) in [6.45, 7) is 4.24. The average molecular weight is 384 g/mol. The van der Waals surface area contributed by atoms with E-state index in [1.807, 2.05) is 50.2 Å². The molecule has 4 rings (SSSR count). The molecule has 0 saturated carbocycles. The smallest absolute Gasteiger partial charge is 0.266 e. The van der Waals surface area contributed by atoms with E-state index in [1.54, 1.807) is 24.3 Å². The first kappa shape index (κ1) is 18.6. The summed E-state index contributed by atoms with van der Waals surface area (Å²) in [7, 11) is 0. The molecule has 3 aromatic rings. The van der Waals surface area contributed by atoms with Crippen molar-refractivity contribution in [3.63, 3.8) is 0 Å². The molecular weight excluding hydrogens is 364 g/mol. The number of anilines is 1. The van der Waals surface area contributed by atoms with Crippen LogP contribution in [0.25, 0.3) is 0 Å². The van der Waals surface area contributed by atoms with Crippen molar-refractivity contribution in [1.29, 1.82) is 0 Å². The highest BCUT2D eigenvalue weighted by Crippen LogP contribution is 2.31. The Kier molecular flexibility index (Phi) is 4.72. The van der Waals surface area contributed by atoms with Crippen molar-refractivity contribution in [2.24, 2.45) is 0 Å². The van der Waals surface area contributed by atoms with Crippen LogP contribution < -0.4 is 10.2 Å². The quantitative estimate of drug-likeness (QED) is 0.691. The second-order valence-corrected chi connectivity index (χ2v) is 7.16. The first-order valence-corrected chi connectivity index (χ1v) is 9.38. The first-order valence-electron chi connectivity index (χ1n) is 9.38. The highest BCUT2D eigenvalue weighted by Gasteiger charge is 2.37. The lowest BCUT2D eigenvalue weighted by Gasteiger charge is -2.16. The molecule has 1 heterocycles. The molecule has 0 atom stereocenters. The van der Waals surface area contributed by atoms with Gasteiger partial charge in [-0.15, -0.1) is 0 Å². The van der Waals surface area contributed by atoms with E-state index in [0.29, 0.717) is 23.4 Å². The number of hydrogen-bond donors (Lipinski definition) is 1. The molecule has 0 unspecified atom stereocenters. The molecule has 0 saturated heterocycles. The Bertz CT molecular complexity index is 1130. The Morgan fingerprint density at radius 1 is 0.862 bits per heavy atom. The molecule has 0 bridgehead atoms. The van der Waals surface area contributed by atoms with Gasteiger partial charge in [-0.3, -0.25) is 14.4 Å². The fraction of sp³-hybridized carbons (Fsp3) is 0.125. The highest BCUT2D eigenvalue weighted by atomic mass is 16.2. The third-order valence-electron chi connectivity index (χ3n) is 5.08. The minimum Gasteiger partial charge on any atom is -0.348 e. The van der Waals surface area contributed by atoms with E-state index in [0.717, 1.165) is 16.7 Å². The van der Waals surface area contributed by atoms with Crippen molar-refractivity contribution in [2.45, 2.75) is 20.4 Å². The standard InChI is InChI=1S/C24H20N2O3/c1-15-7-9-17(10-8-15)14-25-22(27)18-11-12-19-20(13-18)24(29)26(23(19)28)21-6-4-3-5-16(21)2/h3-13H,14H2,1-2H3,(H,25,27). The minimum atomic E-state index is -0.410. The average Bonchev–Trinajstić information content (AvgIpc) is 2.98. The zero-order valence-electron chi connectivity index (χ0n) is 16.2. The molecule has 0 fully saturated rings. The summed E-state index contributed by atoms with van der Waals surface area (Å²) < 4.78 is 0. The van der Waals surface area contributed by atoms with E-state index in [1.165, 1.54) is 11.0 Å². The van der Waals surface area contributed by atoms with Crippen LogP contribution in [-0.2, 0) is 6.54 Å². The van der Waals surface area contributed by atoms with Crippen LogP contribution in [0.3, 0.4) is 0 Å². The summed E-state index contributed by atoms with van der Waals surface area (Å²) in [6.07, 6.45) is 0. The molecule has 144 valence electrons. The molecule has 0 radical (unpaired) electrons. The monoisotopic (exact) mass is 384 g/mol. The number of carbonyl (C=O) groups excluding carboxylic acids is 3. The van der Waals surface area contributed by atoms with Gasteiger partial charge in [0.05, 0.1) is 16.8 Å². The van der Waals surface area contributed by atoms with Crippen molar-refractivity contribution in [1.82, 2.24) is 5.32 Å². The number of imide groups is 1. The van der Waals surface area contributed by atoms with E-state index >= 15 is 0 Å². The number of hydrogen-bond acceptors (Lipinski definition) is 3. The van der Waals surface area contributed by atoms with Gasteiger partial charge in [0.15, 0.2) is 0 Å². The van der Waals surface area contributed by atoms with Gasteiger partial charge in [0, 0.05) is 12.1 Å². The van der Waals surface area contributed by atoms with Crippen LogP contribution in [0.15, 0.2) is 66.7 Å². The molecule has 29 heavy (non-hydrogen) atoms. The number of rotatable bonds is 4. The lowest BCUT2D eigenvalue weighted by molar-refractivity contribution is 0.0923. The van der Waals surface area contributed by atoms with E-state index in [-0.39, 0.29) is 17.4 Å². The third-order valence-corrected chi connectivity index (χ3v) is 5.08. The largest absolute Gasteiger partial charge is 0.348 e. The van der Waals surface area contributed by atoms with Crippen LogP contribution in [0.5, 0.6) is 0 Å². The van der Waals surface area contributed by atoms with Gasteiger partial charge in [-0.05, 0) is 49.2 Å². The Hall–Kier alpha value is -3.73. The van der Waals surface area contributed by atoms with Gasteiger partial charge in [-0.25, -0.2) is 4.90 Å². The predicted molar refractivity (Wildman–Crippen MR) is 111 cm³/mol. The van der Waals surface area contributed by atoms with Crippen molar-refractivity contribution in [2.75, 3.05) is 4.90 Å². The number of benzene rings is 3. The van der Waals surface area contributed by atoms with Crippen LogP contribution in [-0.4, -0.2) is 17.7 Å². The molecule has 5 nitrogen and oxygen atoms in total. The lowest BCUT2D eigenvalue weighted by Crippen LogP contribution is -2.30. The molecule has 0 spiro atoms. The van der Waals surface area contributed by atoms with Gasteiger partial charge in [0.25, 0.3) is 17.7 Å². The van der Waals surface area contributed by atoms with E-state index in [2.05, 4.69) is 5.32 Å². The normalized spacial score (nSPS) is 12.8. The summed E-state index contributed by atoms with van der Waals surface area (Å²) in [4.78, 5) is 39.4. The molecule has 3 amide bonds. The van der Waals surface area contributed by atoms with Gasteiger partial charge < -0.3 is 5.32 Å². The number of fused-ring (bicyclic) bond motifs is 1. The van der Waals surface area contributed by atoms with E-state index in [4.69, 9.17) is 0 Å². The number of aryl methyl sites for hydroxylation is 2. The van der Waals surface area contributed by atoms with E-state index in [9.17, 15) is 14.4 Å². The van der Waals surface area contributed by atoms with Crippen LogP contribution in [0.2, 0.25) is 0 Å². The van der Waals surface area contributed by atoms with Crippen molar-refractivity contribution in [3.05, 3.63) is 100 Å². The van der Waals surface area contributed by atoms with Gasteiger partial charge in [-0.1, -0.05) is 48.0 Å². The van der Waals surface area contributed by atoms with Gasteiger partial charge in [0.1, 0.15) is 0 Å². The molecule has 5 heteroatoms. The summed E-state index contributed by atoms with van der Waals surface area (Å²) in [5.41, 5.74) is 4.45. The van der Waals surface area contributed by atoms with Crippen LogP contribution in [0.4, 0.5) is 5.69 Å². The molecule has 0 aliphatic carbocycles. The summed E-state index contributed by atoms with van der Waals surface area (Å²) in [5, 5.41) is 2.86. The van der Waals surface area contributed by atoms with Gasteiger partial charge in [0.2, 0.25) is 0 Å². The van der Waals surface area contributed by atoms with Crippen molar-refractivity contribution < 1.29 is 14.4 Å². The maximum absolute atomic E-state index is 12.9. The zero-order chi connectivity index (χ0) is 20.5. The number of amides is 3. The topological polar surface area (TPSA) is 66.5 Å². The number of para-hydroxylation sites is 1. The number of carbonyl (C=O) groups is 3. The lowest BCUT2D eigenvalue weighted by atomic mass is 10.1. The Labute approximate surface area is 169 Å². The second-order valence-electron chi connectivity index (χ2n) is 7.16. The zero-order valence-corrected chi connectivity index (χ0v) is 16.2. The van der Waals surface area contributed by atoms with Crippen molar-refractivity contribution >= 4 is 23.4 Å². The Morgan fingerprint density at radius 2 is 1.55 bits per heavy atom. The van der Waals surface area contributed by atoms with Gasteiger partial charge in [-0.2, -0.15) is 0 Å². The fourth-order valence-electron chi connectivity index (χ4n) is 3.41. The SMILES string of the molecule is Cc1ccc(CNC(=O)c2ccc3c(c2)C(=O)N(c2ccccc2C)C3=O)cc1. The maximum atomic E-state index is 12.9. The van der Waals surface area contributed by atoms with Crippen LogP contribution in [0, 0.1) is 13.8 Å². The van der Waals surface area contributed by atoms with Crippen molar-refractivity contribution in [3.8, 4) is 0 Å². The molecule has 1 aliphatic heterocycles. The molecule has 0 aromatic heterocycles. The van der Waals surface area contributed by atoms with E-state index < -0.39 is 5.91 Å². The Balaban J connectivity index is 1.56. The molecule has 1 N–H and O–H groups in total. The highest BCUT2D eigenvalue weighted by molar-refractivity contribution is 6.35. The van der Waals surface area contributed by atoms with Crippen LogP contribution in [0.1, 0.15) is 47.8 Å². The predicted octanol–water partition coefficient (Wildman–Crippen LogP) is 4.03. The second kappa shape index (κ2) is 7.36. The maximum Gasteiger partial charge on any atom is 0.266 e. The van der Waals surface area contributed by atoms with Crippen LogP contribution >= 0.6 is 0 Å². The fourth-order valence-corrected chi connectivity index (χ4v) is 3.41.